The van der Waals surface area contributed by atoms with Crippen LogP contribution in [0.4, 0.5) is 13.2 Å². The molecule has 2 heterocycles. The van der Waals surface area contributed by atoms with E-state index in [2.05, 4.69) is 9.82 Å². The number of hydrogen-bond donors (Lipinski definition) is 1. The number of hydrogen-bond acceptors (Lipinski definition) is 4. The second-order valence-electron chi connectivity index (χ2n) is 7.07. The molecule has 0 spiro atoms. The largest absolute Gasteiger partial charge is 0.435 e. The molecule has 158 valence electrons. The van der Waals surface area contributed by atoms with Crippen LogP contribution >= 0.6 is 0 Å². The summed E-state index contributed by atoms with van der Waals surface area (Å²) in [5, 5.41) is 3.51. The minimum Gasteiger partial charge on any atom is -0.338 e. The predicted octanol–water partition coefficient (Wildman–Crippen LogP) is 2.29. The lowest BCUT2D eigenvalue weighted by Crippen LogP contribution is -2.43. The van der Waals surface area contributed by atoms with Crippen LogP contribution in [0.5, 0.6) is 0 Å². The number of likely N-dealkylation sites (tertiary alicyclic amines) is 1. The van der Waals surface area contributed by atoms with Gasteiger partial charge < -0.3 is 4.90 Å². The fraction of sp³-hybridized carbons (Fsp3) is 0.444. The summed E-state index contributed by atoms with van der Waals surface area (Å²) < 4.78 is 64.1. The summed E-state index contributed by atoms with van der Waals surface area (Å²) in [6, 6.07) is 7.05. The van der Waals surface area contributed by atoms with Crippen LogP contribution in [0.3, 0.4) is 0 Å². The Morgan fingerprint density at radius 1 is 1.24 bits per heavy atom. The molecular formula is C18H21F3N4O3S. The molecular weight excluding hydrogens is 409 g/mol. The average molecular weight is 430 g/mol. The number of halogens is 3. The summed E-state index contributed by atoms with van der Waals surface area (Å²) in [6.07, 6.45) is -0.612. The number of amides is 1. The highest BCUT2D eigenvalue weighted by atomic mass is 32.2. The fourth-order valence-corrected chi connectivity index (χ4v) is 3.78. The molecule has 0 saturated carbocycles. The number of piperidine rings is 1. The Labute approximate surface area is 166 Å². The number of nitrogens with zero attached hydrogens (tertiary/aromatic N) is 3. The van der Waals surface area contributed by atoms with E-state index in [1.807, 2.05) is 0 Å². The van der Waals surface area contributed by atoms with Gasteiger partial charge in [-0.15, -0.1) is 0 Å². The van der Waals surface area contributed by atoms with E-state index in [1.54, 1.807) is 17.0 Å². The molecule has 1 N–H and O–H groups in total. The molecule has 1 saturated heterocycles. The monoisotopic (exact) mass is 430 g/mol. The van der Waals surface area contributed by atoms with E-state index in [0.717, 1.165) is 29.8 Å². The first kappa shape index (κ1) is 21.3. The van der Waals surface area contributed by atoms with Crippen molar-refractivity contribution < 1.29 is 26.4 Å². The first-order valence-electron chi connectivity index (χ1n) is 9.00. The van der Waals surface area contributed by atoms with Crippen LogP contribution in [0.2, 0.25) is 0 Å². The van der Waals surface area contributed by atoms with Crippen LogP contribution in [-0.4, -0.2) is 54.9 Å². The third-order valence-corrected chi connectivity index (χ3v) is 5.39. The number of carbonyl (C=O) groups excluding carboxylic acids is 1. The lowest BCUT2D eigenvalue weighted by atomic mass is 9.97. The van der Waals surface area contributed by atoms with E-state index in [1.165, 1.54) is 18.3 Å². The van der Waals surface area contributed by atoms with Gasteiger partial charge in [0.1, 0.15) is 0 Å². The van der Waals surface area contributed by atoms with Crippen LogP contribution in [0.15, 0.2) is 36.5 Å². The topological polar surface area (TPSA) is 84.3 Å². The van der Waals surface area contributed by atoms with Gasteiger partial charge in [-0.25, -0.2) is 17.8 Å². The summed E-state index contributed by atoms with van der Waals surface area (Å²) in [6.45, 7) is 1.30. The SMILES string of the molecule is CS(=O)(=O)NCC1CCCN(C(=O)c2ccc(-n3ccc(C(F)(F)F)n3)cc2)C1. The predicted molar refractivity (Wildman–Crippen MR) is 100 cm³/mol. The van der Waals surface area contributed by atoms with Gasteiger partial charge in [-0.1, -0.05) is 0 Å². The van der Waals surface area contributed by atoms with E-state index < -0.39 is 21.9 Å². The van der Waals surface area contributed by atoms with Gasteiger partial charge in [0, 0.05) is 31.4 Å². The molecule has 1 aliphatic heterocycles. The first-order chi connectivity index (χ1) is 13.5. The molecule has 3 rings (SSSR count). The van der Waals surface area contributed by atoms with Gasteiger partial charge in [-0.05, 0) is 49.1 Å². The highest BCUT2D eigenvalue weighted by Gasteiger charge is 2.33. The molecule has 0 bridgehead atoms. The molecule has 1 unspecified atom stereocenters. The Morgan fingerprint density at radius 3 is 2.52 bits per heavy atom. The number of rotatable bonds is 5. The Hall–Kier alpha value is -2.40. The molecule has 0 aliphatic carbocycles. The molecule has 2 aromatic rings. The molecule has 29 heavy (non-hydrogen) atoms. The molecule has 11 heteroatoms. The van der Waals surface area contributed by atoms with Crippen LogP contribution in [0, 0.1) is 5.92 Å². The molecule has 1 fully saturated rings. The van der Waals surface area contributed by atoms with Gasteiger partial charge in [0.2, 0.25) is 10.0 Å². The van der Waals surface area contributed by atoms with Crippen molar-refractivity contribution in [1.82, 2.24) is 19.4 Å². The quantitative estimate of drug-likeness (QED) is 0.789. The average Bonchev–Trinajstić information content (AvgIpc) is 3.16. The van der Waals surface area contributed by atoms with Gasteiger partial charge in [0.25, 0.3) is 5.91 Å². The van der Waals surface area contributed by atoms with E-state index >= 15 is 0 Å². The Bertz CT molecular complexity index is 971. The minimum absolute atomic E-state index is 0.0339. The molecule has 1 aromatic carbocycles. The lowest BCUT2D eigenvalue weighted by molar-refractivity contribution is -0.141. The summed E-state index contributed by atoms with van der Waals surface area (Å²) in [7, 11) is -3.28. The van der Waals surface area contributed by atoms with Crippen molar-refractivity contribution in [3.05, 3.63) is 47.8 Å². The van der Waals surface area contributed by atoms with Crippen molar-refractivity contribution >= 4 is 15.9 Å². The maximum Gasteiger partial charge on any atom is 0.435 e. The third kappa shape index (κ3) is 5.57. The number of carbonyl (C=O) groups is 1. The van der Waals surface area contributed by atoms with Gasteiger partial charge >= 0.3 is 6.18 Å². The zero-order valence-corrected chi connectivity index (χ0v) is 16.5. The van der Waals surface area contributed by atoms with Crippen molar-refractivity contribution in [2.24, 2.45) is 5.92 Å². The smallest absolute Gasteiger partial charge is 0.338 e. The van der Waals surface area contributed by atoms with E-state index in [0.29, 0.717) is 24.3 Å². The Kier molecular flexibility index (Phi) is 5.99. The van der Waals surface area contributed by atoms with Crippen molar-refractivity contribution in [1.29, 1.82) is 0 Å². The molecule has 1 aliphatic rings. The highest BCUT2D eigenvalue weighted by Crippen LogP contribution is 2.28. The second kappa shape index (κ2) is 8.15. The third-order valence-electron chi connectivity index (χ3n) is 4.70. The van der Waals surface area contributed by atoms with E-state index in [9.17, 15) is 26.4 Å². The Balaban J connectivity index is 1.66. The van der Waals surface area contributed by atoms with Gasteiger partial charge in [-0.3, -0.25) is 4.79 Å². The van der Waals surface area contributed by atoms with Crippen molar-refractivity contribution in [2.45, 2.75) is 19.0 Å². The summed E-state index contributed by atoms with van der Waals surface area (Å²) in [4.78, 5) is 14.4. The standard InChI is InChI=1S/C18H21F3N4O3S/c1-29(27,28)22-11-13-3-2-9-24(12-13)17(26)14-4-6-15(7-5-14)25-10-8-16(23-25)18(19,20)21/h4-8,10,13,22H,2-3,9,11-12H2,1H3. The lowest BCUT2D eigenvalue weighted by Gasteiger charge is -2.32. The normalized spacial score (nSPS) is 18.1. The first-order valence-corrected chi connectivity index (χ1v) is 10.9. The fourth-order valence-electron chi connectivity index (χ4n) is 3.24. The number of alkyl halides is 3. The van der Waals surface area contributed by atoms with Crippen molar-refractivity contribution in [2.75, 3.05) is 25.9 Å². The van der Waals surface area contributed by atoms with E-state index in [-0.39, 0.29) is 18.4 Å². The van der Waals surface area contributed by atoms with Crippen molar-refractivity contribution in [3.8, 4) is 5.69 Å². The maximum absolute atomic E-state index is 12.7. The van der Waals surface area contributed by atoms with E-state index in [4.69, 9.17) is 0 Å². The second-order valence-corrected chi connectivity index (χ2v) is 8.90. The summed E-state index contributed by atoms with van der Waals surface area (Å²) in [5.41, 5.74) is -0.167. The highest BCUT2D eigenvalue weighted by molar-refractivity contribution is 7.88. The van der Waals surface area contributed by atoms with Crippen molar-refractivity contribution in [3.63, 3.8) is 0 Å². The van der Waals surface area contributed by atoms with Crippen LogP contribution in [-0.2, 0) is 16.2 Å². The molecule has 1 amide bonds. The number of aromatic nitrogens is 2. The van der Waals surface area contributed by atoms with Crippen LogP contribution < -0.4 is 4.72 Å². The maximum atomic E-state index is 12.7. The van der Waals surface area contributed by atoms with Crippen LogP contribution in [0.25, 0.3) is 5.69 Å². The molecule has 0 radical (unpaired) electrons. The summed E-state index contributed by atoms with van der Waals surface area (Å²) >= 11 is 0. The van der Waals surface area contributed by atoms with Crippen LogP contribution in [0.1, 0.15) is 28.9 Å². The van der Waals surface area contributed by atoms with Gasteiger partial charge in [0.15, 0.2) is 5.69 Å². The zero-order valence-electron chi connectivity index (χ0n) is 15.7. The number of sulfonamides is 1. The van der Waals surface area contributed by atoms with Gasteiger partial charge in [-0.2, -0.15) is 18.3 Å². The number of nitrogens with one attached hydrogen (secondary N) is 1. The molecule has 1 atom stereocenters. The zero-order chi connectivity index (χ0) is 21.2. The minimum atomic E-state index is -4.52. The molecule has 7 nitrogen and oxygen atoms in total. The Morgan fingerprint density at radius 2 is 1.93 bits per heavy atom. The van der Waals surface area contributed by atoms with Gasteiger partial charge in [0.05, 0.1) is 11.9 Å². The molecule has 1 aromatic heterocycles. The number of benzene rings is 1. The summed E-state index contributed by atoms with van der Waals surface area (Å²) in [5.74, 6) is -0.163.